The summed E-state index contributed by atoms with van der Waals surface area (Å²) in [6.45, 7) is 4.46. The van der Waals surface area contributed by atoms with Gasteiger partial charge in [-0.1, -0.05) is 12.1 Å². The van der Waals surface area contributed by atoms with Crippen molar-refractivity contribution in [2.24, 2.45) is 0 Å². The first-order chi connectivity index (χ1) is 11.8. The Balaban J connectivity index is 1.65. The van der Waals surface area contributed by atoms with Crippen LogP contribution in [0.15, 0.2) is 36.5 Å². The van der Waals surface area contributed by atoms with Crippen LogP contribution in [0.1, 0.15) is 11.1 Å². The fourth-order valence-corrected chi connectivity index (χ4v) is 2.82. The summed E-state index contributed by atoms with van der Waals surface area (Å²) < 4.78 is 23.9. The summed E-state index contributed by atoms with van der Waals surface area (Å²) in [6, 6.07) is 8.61. The molecule has 0 atom stereocenters. The highest BCUT2D eigenvalue weighted by molar-refractivity contribution is 5.47. The number of morpholine rings is 1. The lowest BCUT2D eigenvalue weighted by Gasteiger charge is -2.29. The van der Waals surface area contributed by atoms with Crippen LogP contribution in [0.25, 0.3) is 0 Å². The second kappa shape index (κ2) is 8.08. The number of hydrogen-bond donors (Lipinski definition) is 1. The van der Waals surface area contributed by atoms with Crippen LogP contribution in [0.2, 0.25) is 0 Å². The maximum Gasteiger partial charge on any atom is 0.133 e. The van der Waals surface area contributed by atoms with Gasteiger partial charge in [0.1, 0.15) is 17.4 Å². The molecule has 0 bridgehead atoms. The molecule has 0 saturated carbocycles. The lowest BCUT2D eigenvalue weighted by molar-refractivity contribution is 0.122. The van der Waals surface area contributed by atoms with Crippen LogP contribution in [0.4, 0.5) is 10.2 Å². The van der Waals surface area contributed by atoms with Gasteiger partial charge in [0.15, 0.2) is 0 Å². The standard InChI is InChI=1S/C18H22FN3O2/c1-23-17-11-16(19)5-4-14(17)12-20-13-15-3-2-6-21-18(15)22-7-9-24-10-8-22/h2-6,11,20H,7-10,12-13H2,1H3. The molecule has 0 unspecified atom stereocenters. The number of aromatic nitrogens is 1. The maximum absolute atomic E-state index is 13.3. The van der Waals surface area contributed by atoms with E-state index < -0.39 is 0 Å². The molecule has 0 spiro atoms. The molecule has 1 aliphatic heterocycles. The number of nitrogens with one attached hydrogen (secondary N) is 1. The second-order valence-corrected chi connectivity index (χ2v) is 5.65. The first-order valence-electron chi connectivity index (χ1n) is 8.07. The Bertz CT molecular complexity index is 675. The first-order valence-corrected chi connectivity index (χ1v) is 8.07. The molecule has 6 heteroatoms. The third-order valence-corrected chi connectivity index (χ3v) is 4.06. The number of pyridine rings is 1. The highest BCUT2D eigenvalue weighted by atomic mass is 19.1. The summed E-state index contributed by atoms with van der Waals surface area (Å²) in [5, 5.41) is 3.39. The van der Waals surface area contributed by atoms with E-state index >= 15 is 0 Å². The molecule has 128 valence electrons. The molecule has 2 aromatic rings. The quantitative estimate of drug-likeness (QED) is 0.880. The predicted molar refractivity (Wildman–Crippen MR) is 90.8 cm³/mol. The monoisotopic (exact) mass is 331 g/mol. The second-order valence-electron chi connectivity index (χ2n) is 5.65. The highest BCUT2D eigenvalue weighted by Gasteiger charge is 2.15. The van der Waals surface area contributed by atoms with E-state index in [1.165, 1.54) is 12.1 Å². The van der Waals surface area contributed by atoms with Crippen LogP contribution < -0.4 is 15.0 Å². The van der Waals surface area contributed by atoms with Crippen LogP contribution in [0.3, 0.4) is 0 Å². The minimum absolute atomic E-state index is 0.294. The van der Waals surface area contributed by atoms with Gasteiger partial charge in [0.2, 0.25) is 0 Å². The molecular weight excluding hydrogens is 309 g/mol. The van der Waals surface area contributed by atoms with Gasteiger partial charge in [-0.15, -0.1) is 0 Å². The number of halogens is 1. The summed E-state index contributed by atoms with van der Waals surface area (Å²) in [5.74, 6) is 1.26. The van der Waals surface area contributed by atoms with Gasteiger partial charge in [-0.25, -0.2) is 9.37 Å². The average molecular weight is 331 g/mol. The molecule has 1 fully saturated rings. The summed E-state index contributed by atoms with van der Waals surface area (Å²) in [6.07, 6.45) is 1.82. The molecule has 1 aromatic heterocycles. The fourth-order valence-electron chi connectivity index (χ4n) is 2.82. The highest BCUT2D eigenvalue weighted by Crippen LogP contribution is 2.21. The number of hydrogen-bond acceptors (Lipinski definition) is 5. The summed E-state index contributed by atoms with van der Waals surface area (Å²) >= 11 is 0. The van der Waals surface area contributed by atoms with Crippen LogP contribution in [0.5, 0.6) is 5.75 Å². The molecule has 1 aromatic carbocycles. The van der Waals surface area contributed by atoms with Gasteiger partial charge >= 0.3 is 0 Å². The molecule has 5 nitrogen and oxygen atoms in total. The summed E-state index contributed by atoms with van der Waals surface area (Å²) in [4.78, 5) is 6.78. The lowest BCUT2D eigenvalue weighted by atomic mass is 10.2. The maximum atomic E-state index is 13.3. The predicted octanol–water partition coefficient (Wildman–Crippen LogP) is 2.36. The van der Waals surface area contributed by atoms with Gasteiger partial charge in [0.25, 0.3) is 0 Å². The van der Waals surface area contributed by atoms with Crippen molar-refractivity contribution in [1.82, 2.24) is 10.3 Å². The van der Waals surface area contributed by atoms with Crippen molar-refractivity contribution in [2.75, 3.05) is 38.3 Å². The SMILES string of the molecule is COc1cc(F)ccc1CNCc1cccnc1N1CCOCC1. The number of rotatable bonds is 6. The van der Waals surface area contributed by atoms with Crippen molar-refractivity contribution in [2.45, 2.75) is 13.1 Å². The van der Waals surface area contributed by atoms with Gasteiger partial charge in [-0.05, 0) is 12.1 Å². The van der Waals surface area contributed by atoms with Crippen molar-refractivity contribution in [3.8, 4) is 5.75 Å². The number of benzene rings is 1. The van der Waals surface area contributed by atoms with Crippen LogP contribution in [-0.2, 0) is 17.8 Å². The molecule has 0 amide bonds. The van der Waals surface area contributed by atoms with E-state index in [1.54, 1.807) is 13.2 Å². The van der Waals surface area contributed by atoms with Crippen LogP contribution >= 0.6 is 0 Å². The molecule has 24 heavy (non-hydrogen) atoms. The Morgan fingerprint density at radius 3 is 2.79 bits per heavy atom. The van der Waals surface area contributed by atoms with E-state index in [2.05, 4.69) is 21.3 Å². The molecule has 1 N–H and O–H groups in total. The molecule has 1 aliphatic rings. The van der Waals surface area contributed by atoms with Gasteiger partial charge in [0, 0.05) is 49.6 Å². The molecule has 3 rings (SSSR count). The molecule has 2 heterocycles. The fraction of sp³-hybridized carbons (Fsp3) is 0.389. The smallest absolute Gasteiger partial charge is 0.133 e. The van der Waals surface area contributed by atoms with E-state index in [0.29, 0.717) is 18.8 Å². The van der Waals surface area contributed by atoms with E-state index in [4.69, 9.17) is 9.47 Å². The topological polar surface area (TPSA) is 46.6 Å². The summed E-state index contributed by atoms with van der Waals surface area (Å²) in [7, 11) is 1.55. The van der Waals surface area contributed by atoms with Crippen LogP contribution in [0, 0.1) is 5.82 Å². The van der Waals surface area contributed by atoms with Gasteiger partial charge in [-0.2, -0.15) is 0 Å². The summed E-state index contributed by atoms with van der Waals surface area (Å²) in [5.41, 5.74) is 2.07. The van der Waals surface area contributed by atoms with E-state index in [-0.39, 0.29) is 5.82 Å². The zero-order chi connectivity index (χ0) is 16.8. The number of methoxy groups -OCH3 is 1. The van der Waals surface area contributed by atoms with Gasteiger partial charge in [0.05, 0.1) is 20.3 Å². The molecule has 0 aliphatic carbocycles. The first kappa shape index (κ1) is 16.7. The van der Waals surface area contributed by atoms with Crippen molar-refractivity contribution in [3.05, 3.63) is 53.5 Å². The minimum Gasteiger partial charge on any atom is -0.496 e. The third-order valence-electron chi connectivity index (χ3n) is 4.06. The average Bonchev–Trinajstić information content (AvgIpc) is 2.64. The number of anilines is 1. The molecule has 0 radical (unpaired) electrons. The number of nitrogens with zero attached hydrogens (tertiary/aromatic N) is 2. The Morgan fingerprint density at radius 2 is 2.00 bits per heavy atom. The largest absolute Gasteiger partial charge is 0.496 e. The van der Waals surface area contributed by atoms with Crippen molar-refractivity contribution in [3.63, 3.8) is 0 Å². The Kier molecular flexibility index (Phi) is 5.61. The zero-order valence-electron chi connectivity index (χ0n) is 13.8. The van der Waals surface area contributed by atoms with E-state index in [1.807, 2.05) is 12.3 Å². The molecular formula is C18H22FN3O2. The Hall–Kier alpha value is -2.18. The Morgan fingerprint density at radius 1 is 1.21 bits per heavy atom. The van der Waals surface area contributed by atoms with Crippen LogP contribution in [-0.4, -0.2) is 38.4 Å². The lowest BCUT2D eigenvalue weighted by Crippen LogP contribution is -2.37. The minimum atomic E-state index is -0.294. The van der Waals surface area contributed by atoms with E-state index in [0.717, 1.165) is 43.2 Å². The van der Waals surface area contributed by atoms with Crippen molar-refractivity contribution in [1.29, 1.82) is 0 Å². The Labute approximate surface area is 141 Å². The van der Waals surface area contributed by atoms with E-state index in [9.17, 15) is 4.39 Å². The van der Waals surface area contributed by atoms with Crippen molar-refractivity contribution < 1.29 is 13.9 Å². The number of ether oxygens (including phenoxy) is 2. The molecule has 1 saturated heterocycles. The third kappa shape index (κ3) is 4.01. The normalized spacial score (nSPS) is 14.7. The zero-order valence-corrected chi connectivity index (χ0v) is 13.8. The van der Waals surface area contributed by atoms with Crippen molar-refractivity contribution >= 4 is 5.82 Å². The van der Waals surface area contributed by atoms with Gasteiger partial charge < -0.3 is 19.7 Å². The van der Waals surface area contributed by atoms with Gasteiger partial charge in [-0.3, -0.25) is 0 Å².